The molecule has 0 saturated carbocycles. The van der Waals surface area contributed by atoms with E-state index < -0.39 is 0 Å². The van der Waals surface area contributed by atoms with Crippen molar-refractivity contribution in [3.8, 4) is 5.69 Å². The highest BCUT2D eigenvalue weighted by Crippen LogP contribution is 2.14. The summed E-state index contributed by atoms with van der Waals surface area (Å²) >= 11 is 3.39. The molecule has 1 N–H and O–H groups in total. The van der Waals surface area contributed by atoms with E-state index in [9.17, 15) is 4.79 Å². The van der Waals surface area contributed by atoms with Crippen LogP contribution in [0.2, 0.25) is 0 Å². The number of aromatic nitrogens is 4. The highest BCUT2D eigenvalue weighted by Gasteiger charge is 2.09. The van der Waals surface area contributed by atoms with Gasteiger partial charge >= 0.3 is 0 Å². The molecule has 0 aliphatic carbocycles. The predicted octanol–water partition coefficient (Wildman–Crippen LogP) is 3.01. The number of carbonyl (C=O) groups is 1. The fraction of sp³-hybridized carbons (Fsp3) is 0.467. The molecule has 1 aromatic carbocycles. The molecule has 0 fully saturated rings. The summed E-state index contributed by atoms with van der Waals surface area (Å²) in [7, 11) is 0. The molecule has 2 rings (SSSR count). The Morgan fingerprint density at radius 2 is 2.00 bits per heavy atom. The van der Waals surface area contributed by atoms with E-state index in [1.54, 1.807) is 4.68 Å². The van der Waals surface area contributed by atoms with Crippen molar-refractivity contribution in [2.75, 3.05) is 0 Å². The molecule has 0 radical (unpaired) electrons. The van der Waals surface area contributed by atoms with Crippen LogP contribution in [0.25, 0.3) is 5.69 Å². The van der Waals surface area contributed by atoms with Crippen LogP contribution in [0.3, 0.4) is 0 Å². The molecule has 2 aromatic rings. The van der Waals surface area contributed by atoms with E-state index in [0.717, 1.165) is 23.0 Å². The van der Waals surface area contributed by atoms with Gasteiger partial charge in [0.2, 0.25) is 5.91 Å². The monoisotopic (exact) mass is 365 g/mol. The molecule has 0 aliphatic heterocycles. The number of rotatable bonds is 8. The van der Waals surface area contributed by atoms with Crippen LogP contribution in [-0.2, 0) is 11.3 Å². The van der Waals surface area contributed by atoms with E-state index >= 15 is 0 Å². The van der Waals surface area contributed by atoms with E-state index in [0.29, 0.717) is 18.8 Å². The summed E-state index contributed by atoms with van der Waals surface area (Å²) in [5, 5.41) is 14.5. The van der Waals surface area contributed by atoms with Crippen molar-refractivity contribution >= 4 is 21.8 Å². The average molecular weight is 366 g/mol. The minimum Gasteiger partial charge on any atom is -0.349 e. The number of amides is 1. The fourth-order valence-corrected chi connectivity index (χ4v) is 2.34. The topological polar surface area (TPSA) is 72.7 Å². The Bertz CT molecular complexity index is 596. The third kappa shape index (κ3) is 4.91. The molecule has 22 heavy (non-hydrogen) atoms. The molecule has 0 unspecified atom stereocenters. The van der Waals surface area contributed by atoms with Crippen molar-refractivity contribution in [3.05, 3.63) is 34.6 Å². The van der Waals surface area contributed by atoms with Gasteiger partial charge < -0.3 is 5.32 Å². The van der Waals surface area contributed by atoms with Gasteiger partial charge in [-0.25, -0.2) is 0 Å². The van der Waals surface area contributed by atoms with Crippen LogP contribution in [0.1, 0.15) is 44.9 Å². The van der Waals surface area contributed by atoms with Crippen molar-refractivity contribution in [1.82, 2.24) is 25.5 Å². The van der Waals surface area contributed by atoms with E-state index in [1.807, 2.05) is 24.3 Å². The number of tetrazole rings is 1. The largest absolute Gasteiger partial charge is 0.349 e. The first-order valence-electron chi connectivity index (χ1n) is 7.50. The number of nitrogens with zero attached hydrogens (tertiary/aromatic N) is 4. The Morgan fingerprint density at radius 3 is 2.73 bits per heavy atom. The summed E-state index contributed by atoms with van der Waals surface area (Å²) in [6.07, 6.45) is 4.93. The average Bonchev–Trinajstić information content (AvgIpc) is 2.99. The molecule has 0 aliphatic rings. The fourth-order valence-electron chi connectivity index (χ4n) is 2.08. The third-order valence-electron chi connectivity index (χ3n) is 3.31. The zero-order valence-electron chi connectivity index (χ0n) is 12.6. The molecule has 1 aromatic heterocycles. The summed E-state index contributed by atoms with van der Waals surface area (Å²) in [5.41, 5.74) is 0.861. The Balaban J connectivity index is 1.88. The highest BCUT2D eigenvalue weighted by molar-refractivity contribution is 9.10. The van der Waals surface area contributed by atoms with Crippen LogP contribution in [0, 0.1) is 0 Å². The van der Waals surface area contributed by atoms with Crippen molar-refractivity contribution in [1.29, 1.82) is 0 Å². The minimum atomic E-state index is 0.0430. The minimum absolute atomic E-state index is 0.0430. The molecule has 7 heteroatoms. The Hall–Kier alpha value is -1.76. The second kappa shape index (κ2) is 8.63. The van der Waals surface area contributed by atoms with Crippen LogP contribution in [0.15, 0.2) is 28.7 Å². The molecular weight excluding hydrogens is 346 g/mol. The summed E-state index contributed by atoms with van der Waals surface area (Å²) in [6.45, 7) is 2.48. The second-order valence-electron chi connectivity index (χ2n) is 5.07. The molecule has 118 valence electrons. The van der Waals surface area contributed by atoms with Crippen LogP contribution >= 0.6 is 15.9 Å². The number of hydrogen-bond donors (Lipinski definition) is 1. The number of hydrogen-bond acceptors (Lipinski definition) is 4. The molecule has 0 spiro atoms. The van der Waals surface area contributed by atoms with E-state index in [1.165, 1.54) is 12.8 Å². The first-order valence-corrected chi connectivity index (χ1v) is 8.30. The lowest BCUT2D eigenvalue weighted by Gasteiger charge is -2.06. The molecule has 6 nitrogen and oxygen atoms in total. The van der Waals surface area contributed by atoms with Crippen LogP contribution in [-0.4, -0.2) is 26.1 Å². The molecule has 1 heterocycles. The van der Waals surface area contributed by atoms with Gasteiger partial charge in [-0.15, -0.1) is 5.10 Å². The maximum Gasteiger partial charge on any atom is 0.220 e. The summed E-state index contributed by atoms with van der Waals surface area (Å²) < 4.78 is 2.62. The lowest BCUT2D eigenvalue weighted by atomic mass is 10.1. The van der Waals surface area contributed by atoms with Gasteiger partial charge in [-0.1, -0.05) is 42.1 Å². The smallest absolute Gasteiger partial charge is 0.220 e. The van der Waals surface area contributed by atoms with Crippen LogP contribution < -0.4 is 5.32 Å². The molecule has 0 atom stereocenters. The number of benzene rings is 1. The van der Waals surface area contributed by atoms with Crippen molar-refractivity contribution < 1.29 is 4.79 Å². The third-order valence-corrected chi connectivity index (χ3v) is 3.84. The molecule has 1 amide bonds. The predicted molar refractivity (Wildman–Crippen MR) is 87.5 cm³/mol. The second-order valence-corrected chi connectivity index (χ2v) is 5.99. The van der Waals surface area contributed by atoms with Gasteiger partial charge in [0, 0.05) is 10.9 Å². The van der Waals surface area contributed by atoms with Gasteiger partial charge in [0.25, 0.3) is 0 Å². The molecule has 0 bridgehead atoms. The Kier molecular flexibility index (Phi) is 6.51. The zero-order valence-corrected chi connectivity index (χ0v) is 14.2. The maximum atomic E-state index is 11.8. The SMILES string of the molecule is CCCCCCC(=O)NCc1nnnn1-c1ccc(Br)cc1. The van der Waals surface area contributed by atoms with Gasteiger partial charge in [0.05, 0.1) is 12.2 Å². The lowest BCUT2D eigenvalue weighted by Crippen LogP contribution is -2.24. The van der Waals surface area contributed by atoms with Crippen LogP contribution in [0.4, 0.5) is 0 Å². The van der Waals surface area contributed by atoms with Crippen molar-refractivity contribution in [2.45, 2.75) is 45.6 Å². The normalized spacial score (nSPS) is 10.6. The van der Waals surface area contributed by atoms with Gasteiger partial charge in [-0.3, -0.25) is 4.79 Å². The zero-order chi connectivity index (χ0) is 15.8. The van der Waals surface area contributed by atoms with Gasteiger partial charge in [-0.2, -0.15) is 4.68 Å². The number of carbonyl (C=O) groups excluding carboxylic acids is 1. The lowest BCUT2D eigenvalue weighted by molar-refractivity contribution is -0.121. The number of nitrogens with one attached hydrogen (secondary N) is 1. The summed E-state index contributed by atoms with van der Waals surface area (Å²) in [6, 6.07) is 7.67. The summed E-state index contributed by atoms with van der Waals surface area (Å²) in [4.78, 5) is 11.8. The first kappa shape index (κ1) is 16.6. The van der Waals surface area contributed by atoms with Gasteiger partial charge in [0.15, 0.2) is 5.82 Å². The Labute approximate surface area is 138 Å². The molecular formula is C15H20BrN5O. The van der Waals surface area contributed by atoms with Crippen molar-refractivity contribution in [2.24, 2.45) is 0 Å². The number of unbranched alkanes of at least 4 members (excludes halogenated alkanes) is 3. The molecule has 0 saturated heterocycles. The number of halogens is 1. The van der Waals surface area contributed by atoms with Gasteiger partial charge in [-0.05, 0) is 41.1 Å². The van der Waals surface area contributed by atoms with E-state index in [-0.39, 0.29) is 5.91 Å². The van der Waals surface area contributed by atoms with E-state index in [4.69, 9.17) is 0 Å². The first-order chi connectivity index (χ1) is 10.7. The van der Waals surface area contributed by atoms with Crippen LogP contribution in [0.5, 0.6) is 0 Å². The highest BCUT2D eigenvalue weighted by atomic mass is 79.9. The van der Waals surface area contributed by atoms with Crippen molar-refractivity contribution in [3.63, 3.8) is 0 Å². The quantitative estimate of drug-likeness (QED) is 0.729. The standard InChI is InChI=1S/C15H20BrN5O/c1-2-3-4-5-6-15(22)17-11-14-18-19-20-21(14)13-9-7-12(16)8-10-13/h7-10H,2-6,11H2,1H3,(H,17,22). The van der Waals surface area contributed by atoms with Gasteiger partial charge in [0.1, 0.15) is 0 Å². The van der Waals surface area contributed by atoms with E-state index in [2.05, 4.69) is 43.7 Å². The Morgan fingerprint density at radius 1 is 1.23 bits per heavy atom. The summed E-state index contributed by atoms with van der Waals surface area (Å²) in [5.74, 6) is 0.658. The maximum absolute atomic E-state index is 11.8.